The second-order valence-corrected chi connectivity index (χ2v) is 14.9. The Balaban J connectivity index is 1.35. The van der Waals surface area contributed by atoms with Crippen molar-refractivity contribution in [3.05, 3.63) is 179 Å². The Morgan fingerprint density at radius 3 is 1.45 bits per heavy atom. The molecular weight excluding hydrogens is 733 g/mol. The quantitative estimate of drug-likeness (QED) is 0.0445. The molecule has 1 amide bonds. The predicted molar refractivity (Wildman–Crippen MR) is 209 cm³/mol. The third kappa shape index (κ3) is 14.1. The maximum atomic E-state index is 14.8. The van der Waals surface area contributed by atoms with Gasteiger partial charge in [-0.25, -0.2) is 4.79 Å². The van der Waals surface area contributed by atoms with Crippen molar-refractivity contribution in [2.45, 2.75) is 45.3 Å². The average Bonchev–Trinajstić information content (AvgIpc) is 3.25. The number of hydrogen-bond donors (Lipinski definition) is 1. The van der Waals surface area contributed by atoms with Crippen LogP contribution in [0, 0.1) is 5.92 Å². The van der Waals surface area contributed by atoms with E-state index in [1.54, 1.807) is 103 Å². The molecule has 12 heteroatoms. The van der Waals surface area contributed by atoms with Gasteiger partial charge < -0.3 is 28.6 Å². The fourth-order valence-electron chi connectivity index (χ4n) is 5.41. The number of amides is 1. The Labute approximate surface area is 326 Å². The van der Waals surface area contributed by atoms with Crippen LogP contribution in [0.2, 0.25) is 0 Å². The van der Waals surface area contributed by atoms with Crippen LogP contribution < -0.4 is 5.32 Å². The van der Waals surface area contributed by atoms with E-state index < -0.39 is 56.1 Å². The number of nitrogens with one attached hydrogen (secondary N) is 1. The molecule has 0 aliphatic carbocycles. The minimum atomic E-state index is -4.31. The normalized spacial score (nSPS) is 13.0. The number of hydrogen-bond acceptors (Lipinski definition) is 10. The number of ether oxygens (including phenoxy) is 3. The topological polar surface area (TPSA) is 144 Å². The molecular formula is C44H44NO10P. The lowest BCUT2D eigenvalue weighted by Gasteiger charge is -2.25. The van der Waals surface area contributed by atoms with E-state index in [2.05, 4.69) is 5.32 Å². The SMILES string of the molecule is O=C(CCC(CP(=O)(OCc1ccccc1)OCC(NC(=O)c1ccccc1)C(=O)OCc1ccccc1)C(=O)OCc1ccccc1)OCc1ccccc1. The molecule has 5 aromatic carbocycles. The molecule has 0 saturated carbocycles. The summed E-state index contributed by atoms with van der Waals surface area (Å²) in [6, 6.07) is 42.9. The zero-order chi connectivity index (χ0) is 39.4. The fraction of sp³-hybridized carbons (Fsp3) is 0.227. The molecule has 5 aromatic rings. The van der Waals surface area contributed by atoms with E-state index >= 15 is 0 Å². The summed E-state index contributed by atoms with van der Waals surface area (Å²) in [6.07, 6.45) is -0.799. The van der Waals surface area contributed by atoms with E-state index in [4.69, 9.17) is 23.3 Å². The molecule has 11 nitrogen and oxygen atoms in total. The number of benzene rings is 5. The smallest absolute Gasteiger partial charge is 0.331 e. The van der Waals surface area contributed by atoms with Crippen LogP contribution in [-0.4, -0.2) is 42.6 Å². The summed E-state index contributed by atoms with van der Waals surface area (Å²) >= 11 is 0. The summed E-state index contributed by atoms with van der Waals surface area (Å²) in [7, 11) is -4.31. The van der Waals surface area contributed by atoms with Gasteiger partial charge in [0, 0.05) is 12.0 Å². The van der Waals surface area contributed by atoms with Crippen molar-refractivity contribution < 1.29 is 47.0 Å². The summed E-state index contributed by atoms with van der Waals surface area (Å²) in [6.45, 7) is -0.895. The van der Waals surface area contributed by atoms with E-state index in [-0.39, 0.29) is 44.8 Å². The number of carbonyl (C=O) groups excluding carboxylic acids is 4. The fourth-order valence-corrected chi connectivity index (χ4v) is 7.29. The zero-order valence-corrected chi connectivity index (χ0v) is 31.7. The van der Waals surface area contributed by atoms with Crippen LogP contribution in [0.3, 0.4) is 0 Å². The largest absolute Gasteiger partial charge is 0.461 e. The van der Waals surface area contributed by atoms with Crippen molar-refractivity contribution in [2.24, 2.45) is 5.92 Å². The van der Waals surface area contributed by atoms with Gasteiger partial charge in [-0.1, -0.05) is 140 Å². The second-order valence-electron chi connectivity index (χ2n) is 12.8. The third-order valence-electron chi connectivity index (χ3n) is 8.50. The van der Waals surface area contributed by atoms with E-state index in [0.29, 0.717) is 11.1 Å². The monoisotopic (exact) mass is 777 g/mol. The summed E-state index contributed by atoms with van der Waals surface area (Å²) in [5.74, 6) is -3.87. The Kier molecular flexibility index (Phi) is 16.1. The summed E-state index contributed by atoms with van der Waals surface area (Å²) in [4.78, 5) is 53.3. The van der Waals surface area contributed by atoms with E-state index in [9.17, 15) is 23.7 Å². The maximum Gasteiger partial charge on any atom is 0.331 e. The van der Waals surface area contributed by atoms with E-state index in [1.165, 1.54) is 0 Å². The Bertz CT molecular complexity index is 2020. The van der Waals surface area contributed by atoms with E-state index in [1.807, 2.05) is 48.5 Å². The summed E-state index contributed by atoms with van der Waals surface area (Å²) in [5.41, 5.74) is 3.18. The van der Waals surface area contributed by atoms with Gasteiger partial charge >= 0.3 is 25.5 Å². The maximum absolute atomic E-state index is 14.8. The number of carbonyl (C=O) groups is 4. The van der Waals surface area contributed by atoms with Gasteiger partial charge in [-0.05, 0) is 40.8 Å². The highest BCUT2D eigenvalue weighted by Crippen LogP contribution is 2.51. The van der Waals surface area contributed by atoms with Gasteiger partial charge in [-0.15, -0.1) is 0 Å². The lowest BCUT2D eigenvalue weighted by molar-refractivity contribution is -0.151. The molecule has 0 fully saturated rings. The molecule has 0 heterocycles. The van der Waals surface area contributed by atoms with Crippen LogP contribution in [-0.2, 0) is 68.6 Å². The lowest BCUT2D eigenvalue weighted by atomic mass is 10.1. The van der Waals surface area contributed by atoms with E-state index in [0.717, 1.165) is 11.1 Å². The molecule has 0 radical (unpaired) electrons. The van der Waals surface area contributed by atoms with Gasteiger partial charge in [0.25, 0.3) is 5.91 Å². The van der Waals surface area contributed by atoms with Crippen LogP contribution >= 0.6 is 7.60 Å². The molecule has 0 spiro atoms. The molecule has 3 unspecified atom stereocenters. The molecule has 1 N–H and O–H groups in total. The minimum absolute atomic E-state index is 0.0427. The first-order chi connectivity index (χ1) is 27.3. The predicted octanol–water partition coefficient (Wildman–Crippen LogP) is 7.84. The highest BCUT2D eigenvalue weighted by atomic mass is 31.2. The Hall–Kier alpha value is -5.87. The van der Waals surface area contributed by atoms with Gasteiger partial charge in [-0.3, -0.25) is 18.9 Å². The van der Waals surface area contributed by atoms with Gasteiger partial charge in [0.1, 0.15) is 19.8 Å². The molecule has 3 atom stereocenters. The molecule has 56 heavy (non-hydrogen) atoms. The van der Waals surface area contributed by atoms with Crippen LogP contribution in [0.25, 0.3) is 0 Å². The van der Waals surface area contributed by atoms with Crippen molar-refractivity contribution in [2.75, 3.05) is 12.8 Å². The minimum Gasteiger partial charge on any atom is -0.461 e. The first-order valence-electron chi connectivity index (χ1n) is 18.1. The molecule has 0 saturated heterocycles. The zero-order valence-electron chi connectivity index (χ0n) is 30.8. The van der Waals surface area contributed by atoms with Gasteiger partial charge in [-0.2, -0.15) is 0 Å². The first kappa shape index (κ1) is 41.3. The van der Waals surface area contributed by atoms with Crippen LogP contribution in [0.4, 0.5) is 0 Å². The van der Waals surface area contributed by atoms with Crippen molar-refractivity contribution in [3.63, 3.8) is 0 Å². The third-order valence-corrected chi connectivity index (χ3v) is 10.5. The van der Waals surface area contributed by atoms with Crippen molar-refractivity contribution in [3.8, 4) is 0 Å². The van der Waals surface area contributed by atoms with Gasteiger partial charge in [0.15, 0.2) is 6.04 Å². The number of rotatable bonds is 21. The molecule has 0 aliphatic rings. The highest BCUT2D eigenvalue weighted by molar-refractivity contribution is 7.53. The second kappa shape index (κ2) is 21.9. The lowest BCUT2D eigenvalue weighted by Crippen LogP contribution is -2.45. The Morgan fingerprint density at radius 2 is 0.946 bits per heavy atom. The van der Waals surface area contributed by atoms with Gasteiger partial charge in [0.05, 0.1) is 25.3 Å². The molecule has 290 valence electrons. The summed E-state index contributed by atoms with van der Waals surface area (Å²) < 4.78 is 43.3. The average molecular weight is 778 g/mol. The molecule has 0 aromatic heterocycles. The molecule has 0 bridgehead atoms. The van der Waals surface area contributed by atoms with Crippen molar-refractivity contribution in [1.82, 2.24) is 5.32 Å². The summed E-state index contributed by atoms with van der Waals surface area (Å²) in [5, 5.41) is 2.63. The van der Waals surface area contributed by atoms with Crippen LogP contribution in [0.15, 0.2) is 152 Å². The van der Waals surface area contributed by atoms with Crippen molar-refractivity contribution >= 4 is 31.4 Å². The molecule has 0 aliphatic heterocycles. The van der Waals surface area contributed by atoms with Crippen LogP contribution in [0.1, 0.15) is 45.5 Å². The van der Waals surface area contributed by atoms with Crippen molar-refractivity contribution in [1.29, 1.82) is 0 Å². The van der Waals surface area contributed by atoms with Gasteiger partial charge in [0.2, 0.25) is 0 Å². The number of esters is 3. The highest BCUT2D eigenvalue weighted by Gasteiger charge is 2.37. The molecule has 5 rings (SSSR count). The standard InChI is InChI=1S/C44H44NO10P/c46-41(51-28-34-16-6-1-7-17-34)27-26-39(43(48)52-29-35-18-8-2-9-19-35)33-56(50,54-31-37-22-12-4-13-23-37)55-32-40(45-42(47)38-24-14-5-15-25-38)44(49)53-30-36-20-10-3-11-21-36/h1-25,39-40H,26-33H2,(H,45,47). The van der Waals surface area contributed by atoms with Crippen LogP contribution in [0.5, 0.6) is 0 Å². The first-order valence-corrected chi connectivity index (χ1v) is 19.9. The Morgan fingerprint density at radius 1 is 0.518 bits per heavy atom.